The summed E-state index contributed by atoms with van der Waals surface area (Å²) in [6, 6.07) is 0. The van der Waals surface area contributed by atoms with E-state index in [1.807, 2.05) is 0 Å². The van der Waals surface area contributed by atoms with Gasteiger partial charge in [0.25, 0.3) is 5.56 Å². The van der Waals surface area contributed by atoms with E-state index in [-0.39, 0.29) is 11.7 Å². The van der Waals surface area contributed by atoms with Crippen molar-refractivity contribution in [2.24, 2.45) is 0 Å². The molecule has 0 bridgehead atoms. The molecular formula is C7H8N2O2. The molecule has 1 N–H and O–H groups in total. The van der Waals surface area contributed by atoms with Gasteiger partial charge >= 0.3 is 0 Å². The van der Waals surface area contributed by atoms with Crippen molar-refractivity contribution in [2.45, 2.75) is 13.0 Å². The minimum absolute atomic E-state index is 0.00755. The van der Waals surface area contributed by atoms with Crippen molar-refractivity contribution < 1.29 is 4.74 Å². The van der Waals surface area contributed by atoms with Crippen LogP contribution in [-0.2, 0) is 4.74 Å². The van der Waals surface area contributed by atoms with Gasteiger partial charge in [0.15, 0.2) is 0 Å². The second-order valence-electron chi connectivity index (χ2n) is 2.58. The predicted octanol–water partition coefficient (Wildman–Crippen LogP) is 0.150. The van der Waals surface area contributed by atoms with Gasteiger partial charge in [-0.15, -0.1) is 0 Å². The first-order chi connectivity index (χ1) is 5.27. The molecule has 1 aliphatic rings. The largest absolute Gasteiger partial charge is 0.368 e. The third-order valence-electron chi connectivity index (χ3n) is 1.63. The molecule has 0 aliphatic carbocycles. The maximum Gasteiger partial charge on any atom is 0.256 e. The van der Waals surface area contributed by atoms with Gasteiger partial charge in [-0.05, 0) is 6.92 Å². The summed E-state index contributed by atoms with van der Waals surface area (Å²) in [5, 5.41) is 0. The summed E-state index contributed by atoms with van der Waals surface area (Å²) in [7, 11) is 0. The van der Waals surface area contributed by atoms with E-state index in [2.05, 4.69) is 9.97 Å². The van der Waals surface area contributed by atoms with E-state index in [0.29, 0.717) is 18.0 Å². The molecule has 0 radical (unpaired) electrons. The summed E-state index contributed by atoms with van der Waals surface area (Å²) >= 11 is 0. The molecule has 0 spiro atoms. The lowest BCUT2D eigenvalue weighted by molar-refractivity contribution is 0.413. The number of hydrogen-bond donors (Lipinski definition) is 1. The van der Waals surface area contributed by atoms with Crippen LogP contribution in [0.15, 0.2) is 11.0 Å². The van der Waals surface area contributed by atoms with Crippen LogP contribution in [-0.4, -0.2) is 16.6 Å². The molecule has 0 saturated carbocycles. The van der Waals surface area contributed by atoms with E-state index in [4.69, 9.17) is 4.74 Å². The zero-order chi connectivity index (χ0) is 7.84. The third-order valence-corrected chi connectivity index (χ3v) is 1.63. The summed E-state index contributed by atoms with van der Waals surface area (Å²) in [6.07, 6.45) is 1.57. The molecule has 4 heteroatoms. The fourth-order valence-electron chi connectivity index (χ4n) is 0.951. The predicted molar refractivity (Wildman–Crippen MR) is 38.3 cm³/mol. The first kappa shape index (κ1) is 6.54. The van der Waals surface area contributed by atoms with Crippen molar-refractivity contribution in [1.29, 1.82) is 0 Å². The van der Waals surface area contributed by atoms with Gasteiger partial charge in [0, 0.05) is 6.20 Å². The molecule has 1 fully saturated rings. The number of epoxide rings is 1. The molecule has 1 aromatic heterocycles. The Labute approximate surface area is 63.2 Å². The van der Waals surface area contributed by atoms with Crippen LogP contribution in [0, 0.1) is 6.92 Å². The maximum atomic E-state index is 11.1. The van der Waals surface area contributed by atoms with Crippen molar-refractivity contribution in [1.82, 2.24) is 9.97 Å². The van der Waals surface area contributed by atoms with Gasteiger partial charge in [0.1, 0.15) is 11.9 Å². The Morgan fingerprint density at radius 3 is 3.09 bits per heavy atom. The van der Waals surface area contributed by atoms with Crippen LogP contribution >= 0.6 is 0 Å². The third kappa shape index (κ3) is 1.17. The SMILES string of the molecule is Cc1ncc(C2CO2)c(=O)[nH]1. The number of aromatic nitrogens is 2. The second-order valence-corrected chi connectivity index (χ2v) is 2.58. The van der Waals surface area contributed by atoms with Gasteiger partial charge in [-0.3, -0.25) is 4.79 Å². The van der Waals surface area contributed by atoms with Gasteiger partial charge in [-0.25, -0.2) is 4.98 Å². The summed E-state index contributed by atoms with van der Waals surface area (Å²) in [5.74, 6) is 0.638. The Kier molecular flexibility index (Phi) is 1.29. The molecule has 0 aromatic carbocycles. The molecule has 11 heavy (non-hydrogen) atoms. The second kappa shape index (κ2) is 2.17. The van der Waals surface area contributed by atoms with Crippen LogP contribution < -0.4 is 5.56 Å². The van der Waals surface area contributed by atoms with Crippen LogP contribution in [0.5, 0.6) is 0 Å². The number of ether oxygens (including phenoxy) is 1. The Hall–Kier alpha value is -1.16. The van der Waals surface area contributed by atoms with Crippen LogP contribution in [0.4, 0.5) is 0 Å². The lowest BCUT2D eigenvalue weighted by atomic mass is 10.2. The van der Waals surface area contributed by atoms with Crippen molar-refractivity contribution in [2.75, 3.05) is 6.61 Å². The molecule has 1 aromatic rings. The van der Waals surface area contributed by atoms with Crippen LogP contribution in [0.3, 0.4) is 0 Å². The summed E-state index contributed by atoms with van der Waals surface area (Å²) < 4.78 is 4.96. The summed E-state index contributed by atoms with van der Waals surface area (Å²) in [5.41, 5.74) is 0.551. The normalized spacial score (nSPS) is 21.7. The standard InChI is InChI=1S/C7H8N2O2/c1-4-8-2-5(6-3-11-6)7(10)9-4/h2,6H,3H2,1H3,(H,8,9,10). The molecule has 4 nitrogen and oxygen atoms in total. The molecule has 2 heterocycles. The maximum absolute atomic E-state index is 11.1. The van der Waals surface area contributed by atoms with Crippen molar-refractivity contribution in [3.05, 3.63) is 27.9 Å². The average molecular weight is 152 g/mol. The molecule has 0 amide bonds. The van der Waals surface area contributed by atoms with E-state index < -0.39 is 0 Å². The molecule has 1 saturated heterocycles. The van der Waals surface area contributed by atoms with E-state index in [1.54, 1.807) is 13.1 Å². The van der Waals surface area contributed by atoms with Gasteiger partial charge in [-0.2, -0.15) is 0 Å². The van der Waals surface area contributed by atoms with Gasteiger partial charge in [0.2, 0.25) is 0 Å². The topological polar surface area (TPSA) is 58.3 Å². The number of nitrogens with zero attached hydrogens (tertiary/aromatic N) is 1. The highest BCUT2D eigenvalue weighted by Crippen LogP contribution is 2.25. The highest BCUT2D eigenvalue weighted by atomic mass is 16.6. The van der Waals surface area contributed by atoms with Crippen molar-refractivity contribution in [3.63, 3.8) is 0 Å². The van der Waals surface area contributed by atoms with Crippen molar-refractivity contribution in [3.8, 4) is 0 Å². The molecule has 58 valence electrons. The van der Waals surface area contributed by atoms with E-state index in [0.717, 1.165) is 0 Å². The van der Waals surface area contributed by atoms with E-state index in [9.17, 15) is 4.79 Å². The molecule has 1 atom stereocenters. The average Bonchev–Trinajstić information content (AvgIpc) is 2.70. The lowest BCUT2D eigenvalue weighted by Gasteiger charge is -1.93. The smallest absolute Gasteiger partial charge is 0.256 e. The van der Waals surface area contributed by atoms with Gasteiger partial charge in [-0.1, -0.05) is 0 Å². The Morgan fingerprint density at radius 2 is 2.55 bits per heavy atom. The molecule has 2 rings (SSSR count). The molecular weight excluding hydrogens is 144 g/mol. The minimum atomic E-state index is -0.0833. The Balaban J connectivity index is 2.48. The number of hydrogen-bond acceptors (Lipinski definition) is 3. The minimum Gasteiger partial charge on any atom is -0.368 e. The first-order valence-electron chi connectivity index (χ1n) is 3.45. The number of rotatable bonds is 1. The molecule has 1 aliphatic heterocycles. The van der Waals surface area contributed by atoms with Crippen LogP contribution in [0.1, 0.15) is 17.5 Å². The molecule has 1 unspecified atom stereocenters. The Morgan fingerprint density at radius 1 is 1.82 bits per heavy atom. The van der Waals surface area contributed by atoms with Crippen LogP contribution in [0.25, 0.3) is 0 Å². The fraction of sp³-hybridized carbons (Fsp3) is 0.429. The monoisotopic (exact) mass is 152 g/mol. The van der Waals surface area contributed by atoms with E-state index in [1.165, 1.54) is 0 Å². The van der Waals surface area contributed by atoms with E-state index >= 15 is 0 Å². The highest BCUT2D eigenvalue weighted by Gasteiger charge is 2.27. The van der Waals surface area contributed by atoms with Crippen molar-refractivity contribution >= 4 is 0 Å². The quantitative estimate of drug-likeness (QED) is 0.583. The summed E-state index contributed by atoms with van der Waals surface area (Å²) in [6.45, 7) is 2.40. The summed E-state index contributed by atoms with van der Waals surface area (Å²) in [4.78, 5) is 17.7. The Bertz CT molecular complexity index is 327. The first-order valence-corrected chi connectivity index (χ1v) is 3.45. The number of aryl methyl sites for hydroxylation is 1. The highest BCUT2D eigenvalue weighted by molar-refractivity contribution is 5.12. The van der Waals surface area contributed by atoms with Gasteiger partial charge < -0.3 is 9.72 Å². The van der Waals surface area contributed by atoms with Gasteiger partial charge in [0.05, 0.1) is 12.2 Å². The fourth-order valence-corrected chi connectivity index (χ4v) is 0.951. The number of aromatic amines is 1. The zero-order valence-corrected chi connectivity index (χ0v) is 6.13. The lowest BCUT2D eigenvalue weighted by Crippen LogP contribution is -2.13. The zero-order valence-electron chi connectivity index (χ0n) is 6.13. The number of nitrogens with one attached hydrogen (secondary N) is 1. The van der Waals surface area contributed by atoms with Crippen LogP contribution in [0.2, 0.25) is 0 Å². The number of H-pyrrole nitrogens is 1.